The lowest BCUT2D eigenvalue weighted by molar-refractivity contribution is 0.110. The van der Waals surface area contributed by atoms with Gasteiger partial charge in [0.2, 0.25) is 0 Å². The topological polar surface area (TPSA) is 42.5 Å². The van der Waals surface area contributed by atoms with Crippen LogP contribution >= 0.6 is 0 Å². The summed E-state index contributed by atoms with van der Waals surface area (Å²) < 4.78 is 11.3. The molecule has 98 valence electrons. The van der Waals surface area contributed by atoms with Crippen molar-refractivity contribution in [3.05, 3.63) is 23.8 Å². The van der Waals surface area contributed by atoms with Crippen LogP contribution in [-0.2, 0) is 11.3 Å². The van der Waals surface area contributed by atoms with E-state index in [9.17, 15) is 0 Å². The van der Waals surface area contributed by atoms with Crippen molar-refractivity contribution in [2.45, 2.75) is 25.5 Å². The van der Waals surface area contributed by atoms with Crippen molar-refractivity contribution in [1.82, 2.24) is 5.32 Å². The Morgan fingerprint density at radius 2 is 2.33 bits per heavy atom. The largest absolute Gasteiger partial charge is 0.489 e. The second-order valence-electron chi connectivity index (χ2n) is 4.83. The number of para-hydroxylation sites is 1. The van der Waals surface area contributed by atoms with Crippen LogP contribution in [0.1, 0.15) is 18.4 Å². The number of fused-ring (bicyclic) bond motifs is 1. The molecule has 0 bridgehead atoms. The lowest BCUT2D eigenvalue weighted by atomic mass is 10.1. The first kappa shape index (κ1) is 11.8. The van der Waals surface area contributed by atoms with Gasteiger partial charge in [0.05, 0.1) is 11.8 Å². The maximum atomic E-state index is 5.74. The molecule has 1 aromatic rings. The molecule has 1 aromatic carbocycles. The molecular formula is C14H20N2O2. The van der Waals surface area contributed by atoms with Gasteiger partial charge in [-0.25, -0.2) is 0 Å². The highest BCUT2D eigenvalue weighted by Crippen LogP contribution is 2.31. The molecule has 1 atom stereocenters. The van der Waals surface area contributed by atoms with Gasteiger partial charge >= 0.3 is 0 Å². The number of hydrogen-bond acceptors (Lipinski definition) is 4. The molecule has 2 heterocycles. The molecule has 0 radical (unpaired) electrons. The summed E-state index contributed by atoms with van der Waals surface area (Å²) in [6, 6.07) is 6.26. The second-order valence-corrected chi connectivity index (χ2v) is 4.83. The Hall–Kier alpha value is -1.26. The van der Waals surface area contributed by atoms with Gasteiger partial charge in [-0.3, -0.25) is 0 Å². The third-order valence-electron chi connectivity index (χ3n) is 3.47. The van der Waals surface area contributed by atoms with Gasteiger partial charge in [0.25, 0.3) is 0 Å². The van der Waals surface area contributed by atoms with Gasteiger partial charge in [-0.1, -0.05) is 12.1 Å². The van der Waals surface area contributed by atoms with Gasteiger partial charge in [0, 0.05) is 31.8 Å². The molecule has 2 aliphatic rings. The van der Waals surface area contributed by atoms with Crippen LogP contribution in [0.25, 0.3) is 0 Å². The molecule has 1 saturated heterocycles. The third-order valence-corrected chi connectivity index (χ3v) is 3.47. The Labute approximate surface area is 108 Å². The lowest BCUT2D eigenvalue weighted by Gasteiger charge is -2.22. The van der Waals surface area contributed by atoms with E-state index in [0.717, 1.165) is 44.3 Å². The molecule has 2 aliphatic heterocycles. The summed E-state index contributed by atoms with van der Waals surface area (Å²) in [6.45, 7) is 4.32. The van der Waals surface area contributed by atoms with Crippen LogP contribution in [0.2, 0.25) is 0 Å². The fourth-order valence-corrected chi connectivity index (χ4v) is 2.55. The standard InChI is InChI=1S/C14H20N2O2/c1-3-11(9-15-10-12-4-2-7-17-12)14-13(5-1)16-6-8-18-14/h1,3,5,12,15-16H,2,4,6-10H2. The van der Waals surface area contributed by atoms with Crippen LogP contribution in [-0.4, -0.2) is 32.4 Å². The first-order valence-electron chi connectivity index (χ1n) is 6.74. The summed E-state index contributed by atoms with van der Waals surface area (Å²) in [7, 11) is 0. The molecule has 4 nitrogen and oxygen atoms in total. The van der Waals surface area contributed by atoms with Gasteiger partial charge in [-0.2, -0.15) is 0 Å². The van der Waals surface area contributed by atoms with Crippen molar-refractivity contribution in [3.63, 3.8) is 0 Å². The first-order chi connectivity index (χ1) is 8.93. The molecule has 2 N–H and O–H groups in total. The van der Waals surface area contributed by atoms with Crippen molar-refractivity contribution in [1.29, 1.82) is 0 Å². The summed E-state index contributed by atoms with van der Waals surface area (Å²) >= 11 is 0. The predicted octanol–water partition coefficient (Wildman–Crippen LogP) is 1.76. The quantitative estimate of drug-likeness (QED) is 0.852. The minimum absolute atomic E-state index is 0.392. The predicted molar refractivity (Wildman–Crippen MR) is 71.1 cm³/mol. The van der Waals surface area contributed by atoms with Crippen molar-refractivity contribution in [3.8, 4) is 5.75 Å². The SMILES string of the molecule is c1cc(CNCC2CCCO2)c2c(c1)NCCO2. The highest BCUT2D eigenvalue weighted by molar-refractivity contribution is 5.61. The minimum Gasteiger partial charge on any atom is -0.489 e. The van der Waals surface area contributed by atoms with E-state index in [1.54, 1.807) is 0 Å². The molecule has 1 unspecified atom stereocenters. The number of rotatable bonds is 4. The molecule has 3 rings (SSSR count). The molecular weight excluding hydrogens is 228 g/mol. The summed E-state index contributed by atoms with van der Waals surface area (Å²) in [5, 5.41) is 6.82. The maximum absolute atomic E-state index is 5.74. The van der Waals surface area contributed by atoms with Gasteiger partial charge in [-0.05, 0) is 18.9 Å². The van der Waals surface area contributed by atoms with Crippen LogP contribution in [0.3, 0.4) is 0 Å². The van der Waals surface area contributed by atoms with E-state index in [-0.39, 0.29) is 0 Å². The fraction of sp³-hybridized carbons (Fsp3) is 0.571. The zero-order valence-corrected chi connectivity index (χ0v) is 10.6. The monoisotopic (exact) mass is 248 g/mol. The Morgan fingerprint density at radius 1 is 1.33 bits per heavy atom. The lowest BCUT2D eigenvalue weighted by Crippen LogP contribution is -2.26. The zero-order valence-electron chi connectivity index (χ0n) is 10.6. The van der Waals surface area contributed by atoms with Crippen molar-refractivity contribution in [2.24, 2.45) is 0 Å². The molecule has 0 saturated carbocycles. The van der Waals surface area contributed by atoms with Gasteiger partial charge in [0.1, 0.15) is 12.4 Å². The summed E-state index contributed by atoms with van der Waals surface area (Å²) in [6.07, 6.45) is 2.77. The van der Waals surface area contributed by atoms with E-state index in [4.69, 9.17) is 9.47 Å². The van der Waals surface area contributed by atoms with E-state index in [1.807, 2.05) is 0 Å². The average molecular weight is 248 g/mol. The number of nitrogens with one attached hydrogen (secondary N) is 2. The Balaban J connectivity index is 1.58. The molecule has 0 spiro atoms. The fourth-order valence-electron chi connectivity index (χ4n) is 2.55. The van der Waals surface area contributed by atoms with Crippen LogP contribution in [0.5, 0.6) is 5.75 Å². The Bertz CT molecular complexity index is 403. The van der Waals surface area contributed by atoms with Crippen molar-refractivity contribution in [2.75, 3.05) is 31.6 Å². The Kier molecular flexibility index (Phi) is 3.67. The van der Waals surface area contributed by atoms with Crippen molar-refractivity contribution >= 4 is 5.69 Å². The molecule has 0 amide bonds. The first-order valence-corrected chi connectivity index (χ1v) is 6.74. The normalized spacial score (nSPS) is 22.1. The summed E-state index contributed by atoms with van der Waals surface area (Å²) in [5.74, 6) is 1.00. The highest BCUT2D eigenvalue weighted by Gasteiger charge is 2.16. The van der Waals surface area contributed by atoms with Crippen LogP contribution in [0, 0.1) is 0 Å². The number of anilines is 1. The average Bonchev–Trinajstić information content (AvgIpc) is 2.92. The van der Waals surface area contributed by atoms with E-state index in [0.29, 0.717) is 6.10 Å². The van der Waals surface area contributed by atoms with E-state index in [2.05, 4.69) is 28.8 Å². The molecule has 4 heteroatoms. The Morgan fingerprint density at radius 3 is 3.22 bits per heavy atom. The molecule has 18 heavy (non-hydrogen) atoms. The smallest absolute Gasteiger partial charge is 0.146 e. The number of hydrogen-bond donors (Lipinski definition) is 2. The minimum atomic E-state index is 0.392. The summed E-state index contributed by atoms with van der Waals surface area (Å²) in [4.78, 5) is 0. The van der Waals surface area contributed by atoms with E-state index < -0.39 is 0 Å². The van der Waals surface area contributed by atoms with Crippen molar-refractivity contribution < 1.29 is 9.47 Å². The summed E-state index contributed by atoms with van der Waals surface area (Å²) in [5.41, 5.74) is 2.33. The van der Waals surface area contributed by atoms with Gasteiger partial charge < -0.3 is 20.1 Å². The van der Waals surface area contributed by atoms with Crippen LogP contribution < -0.4 is 15.4 Å². The van der Waals surface area contributed by atoms with Crippen LogP contribution in [0.15, 0.2) is 18.2 Å². The third kappa shape index (κ3) is 2.60. The van der Waals surface area contributed by atoms with E-state index in [1.165, 1.54) is 18.4 Å². The molecule has 1 fully saturated rings. The van der Waals surface area contributed by atoms with Gasteiger partial charge in [-0.15, -0.1) is 0 Å². The van der Waals surface area contributed by atoms with Crippen LogP contribution in [0.4, 0.5) is 5.69 Å². The van der Waals surface area contributed by atoms with E-state index >= 15 is 0 Å². The number of benzene rings is 1. The highest BCUT2D eigenvalue weighted by atomic mass is 16.5. The second kappa shape index (κ2) is 5.59. The molecule has 0 aromatic heterocycles. The van der Waals surface area contributed by atoms with Gasteiger partial charge in [0.15, 0.2) is 0 Å². The number of ether oxygens (including phenoxy) is 2. The maximum Gasteiger partial charge on any atom is 0.146 e. The zero-order chi connectivity index (χ0) is 12.2. The molecule has 0 aliphatic carbocycles.